The highest BCUT2D eigenvalue weighted by Gasteiger charge is 2.09. The quantitative estimate of drug-likeness (QED) is 0.386. The van der Waals surface area contributed by atoms with Crippen LogP contribution in [0.2, 0.25) is 0 Å². The molecule has 0 aromatic heterocycles. The van der Waals surface area contributed by atoms with Crippen molar-refractivity contribution in [3.63, 3.8) is 0 Å². The number of ether oxygens (including phenoxy) is 1. The summed E-state index contributed by atoms with van der Waals surface area (Å²) in [4.78, 5) is 23.8. The summed E-state index contributed by atoms with van der Waals surface area (Å²) >= 11 is 5.00. The molecule has 29 heavy (non-hydrogen) atoms. The molecule has 0 aliphatic carbocycles. The van der Waals surface area contributed by atoms with Crippen LogP contribution < -0.4 is 20.9 Å². The number of benzene rings is 2. The Kier molecular flexibility index (Phi) is 8.36. The van der Waals surface area contributed by atoms with E-state index in [1.54, 1.807) is 6.08 Å². The summed E-state index contributed by atoms with van der Waals surface area (Å²) in [7, 11) is 0. The third kappa shape index (κ3) is 7.75. The van der Waals surface area contributed by atoms with Gasteiger partial charge in [-0.05, 0) is 48.3 Å². The normalized spacial score (nSPS) is 10.6. The predicted molar refractivity (Wildman–Crippen MR) is 118 cm³/mol. The van der Waals surface area contributed by atoms with Crippen molar-refractivity contribution >= 4 is 35.2 Å². The molecule has 0 heterocycles. The van der Waals surface area contributed by atoms with Gasteiger partial charge < -0.3 is 4.74 Å². The predicted octanol–water partition coefficient (Wildman–Crippen LogP) is 3.23. The van der Waals surface area contributed by atoms with E-state index in [1.165, 1.54) is 6.08 Å². The molecule has 0 aliphatic rings. The Bertz CT molecular complexity index is 892. The molecule has 152 valence electrons. The molecule has 2 rings (SSSR count). The number of thiocarbonyl (C=S) groups is 1. The summed E-state index contributed by atoms with van der Waals surface area (Å²) in [5.41, 5.74) is 7.94. The number of para-hydroxylation sites is 1. The molecule has 2 aromatic rings. The van der Waals surface area contributed by atoms with E-state index < -0.39 is 11.8 Å². The zero-order chi connectivity index (χ0) is 21.2. The zero-order valence-electron chi connectivity index (χ0n) is 16.7. The first kappa shape index (κ1) is 22.1. The van der Waals surface area contributed by atoms with Crippen LogP contribution in [0.3, 0.4) is 0 Å². The van der Waals surface area contributed by atoms with Crippen LogP contribution in [0.25, 0.3) is 6.08 Å². The van der Waals surface area contributed by atoms with Crippen LogP contribution in [0.1, 0.15) is 36.5 Å². The second-order valence-electron chi connectivity index (χ2n) is 6.72. The van der Waals surface area contributed by atoms with Crippen molar-refractivity contribution in [1.29, 1.82) is 0 Å². The molecule has 3 N–H and O–H groups in total. The molecule has 0 saturated carbocycles. The largest absolute Gasteiger partial charge is 0.483 e. The van der Waals surface area contributed by atoms with Crippen LogP contribution in [0, 0.1) is 6.92 Å². The van der Waals surface area contributed by atoms with Gasteiger partial charge in [0.1, 0.15) is 5.75 Å². The van der Waals surface area contributed by atoms with Gasteiger partial charge in [0.25, 0.3) is 5.91 Å². The van der Waals surface area contributed by atoms with Crippen molar-refractivity contribution in [2.45, 2.75) is 26.7 Å². The maximum atomic E-state index is 11.9. The molecular formula is C22H25N3O3S. The number of amides is 2. The van der Waals surface area contributed by atoms with Gasteiger partial charge in [-0.2, -0.15) is 0 Å². The Balaban J connectivity index is 1.73. The average molecular weight is 412 g/mol. The highest BCUT2D eigenvalue weighted by molar-refractivity contribution is 7.80. The number of hydrogen-bond acceptors (Lipinski definition) is 4. The Labute approximate surface area is 176 Å². The maximum absolute atomic E-state index is 11.9. The number of hydrogen-bond donors (Lipinski definition) is 3. The summed E-state index contributed by atoms with van der Waals surface area (Å²) in [5, 5.41) is 2.44. The van der Waals surface area contributed by atoms with E-state index in [4.69, 9.17) is 17.0 Å². The van der Waals surface area contributed by atoms with E-state index in [2.05, 4.69) is 30.0 Å². The molecule has 0 bridgehead atoms. The first-order valence-electron chi connectivity index (χ1n) is 9.21. The molecule has 0 spiro atoms. The molecule has 0 fully saturated rings. The second kappa shape index (κ2) is 11.0. The molecule has 2 amide bonds. The summed E-state index contributed by atoms with van der Waals surface area (Å²) in [6.07, 6.45) is 3.04. The lowest BCUT2D eigenvalue weighted by Crippen LogP contribution is -2.49. The summed E-state index contributed by atoms with van der Waals surface area (Å²) in [6, 6.07) is 15.3. The number of carbonyl (C=O) groups is 2. The molecule has 2 aromatic carbocycles. The summed E-state index contributed by atoms with van der Waals surface area (Å²) in [6.45, 7) is 5.92. The van der Waals surface area contributed by atoms with E-state index in [0.717, 1.165) is 16.7 Å². The smallest absolute Gasteiger partial charge is 0.276 e. The van der Waals surface area contributed by atoms with Crippen LogP contribution >= 0.6 is 12.2 Å². The first-order chi connectivity index (χ1) is 13.8. The summed E-state index contributed by atoms with van der Waals surface area (Å²) in [5.74, 6) is 0.118. The minimum absolute atomic E-state index is 0.0144. The van der Waals surface area contributed by atoms with Crippen molar-refractivity contribution in [3.05, 3.63) is 71.3 Å². The van der Waals surface area contributed by atoms with Crippen molar-refractivity contribution in [2.75, 3.05) is 6.61 Å². The number of aryl methyl sites for hydroxylation is 1. The van der Waals surface area contributed by atoms with Gasteiger partial charge in [0.2, 0.25) is 5.91 Å². The number of carbonyl (C=O) groups excluding carboxylic acids is 2. The second-order valence-corrected chi connectivity index (χ2v) is 7.13. The number of hydrazine groups is 1. The Morgan fingerprint density at radius 2 is 1.76 bits per heavy atom. The van der Waals surface area contributed by atoms with E-state index in [1.807, 2.05) is 55.5 Å². The molecule has 0 unspecified atom stereocenters. The van der Waals surface area contributed by atoms with Gasteiger partial charge >= 0.3 is 0 Å². The summed E-state index contributed by atoms with van der Waals surface area (Å²) < 4.78 is 5.58. The molecule has 0 aliphatic heterocycles. The molecule has 0 radical (unpaired) electrons. The number of rotatable bonds is 6. The fourth-order valence-electron chi connectivity index (χ4n) is 2.43. The van der Waals surface area contributed by atoms with Gasteiger partial charge in [0.05, 0.1) is 0 Å². The maximum Gasteiger partial charge on any atom is 0.276 e. The Hall–Kier alpha value is -3.19. The van der Waals surface area contributed by atoms with Crippen LogP contribution in [-0.2, 0) is 9.59 Å². The lowest BCUT2D eigenvalue weighted by atomic mass is 10.0. The van der Waals surface area contributed by atoms with Crippen LogP contribution in [0.5, 0.6) is 5.75 Å². The highest BCUT2D eigenvalue weighted by Crippen LogP contribution is 2.25. The van der Waals surface area contributed by atoms with Gasteiger partial charge in [-0.1, -0.05) is 61.9 Å². The SMILES string of the molecule is Cc1ccc(/C=C/C(=O)NC(=S)NNC(=O)COc2ccccc2C(C)C)cc1. The minimum atomic E-state index is -0.421. The topological polar surface area (TPSA) is 79.5 Å². The monoisotopic (exact) mass is 411 g/mol. The minimum Gasteiger partial charge on any atom is -0.483 e. The van der Waals surface area contributed by atoms with Gasteiger partial charge in [-0.3, -0.25) is 25.8 Å². The number of nitrogens with one attached hydrogen (secondary N) is 3. The Morgan fingerprint density at radius 3 is 2.45 bits per heavy atom. The van der Waals surface area contributed by atoms with Crippen LogP contribution in [0.15, 0.2) is 54.6 Å². The van der Waals surface area contributed by atoms with Gasteiger partial charge in [-0.25, -0.2) is 0 Å². The fourth-order valence-corrected chi connectivity index (χ4v) is 2.58. The average Bonchev–Trinajstić information content (AvgIpc) is 2.70. The molecule has 7 heteroatoms. The zero-order valence-corrected chi connectivity index (χ0v) is 17.5. The van der Waals surface area contributed by atoms with Gasteiger partial charge in [-0.15, -0.1) is 0 Å². The van der Waals surface area contributed by atoms with Crippen molar-refractivity contribution in [2.24, 2.45) is 0 Å². The van der Waals surface area contributed by atoms with Crippen molar-refractivity contribution < 1.29 is 14.3 Å². The van der Waals surface area contributed by atoms with E-state index in [0.29, 0.717) is 5.75 Å². The van der Waals surface area contributed by atoms with Crippen molar-refractivity contribution in [3.8, 4) is 5.75 Å². The van der Waals surface area contributed by atoms with Gasteiger partial charge in [0, 0.05) is 6.08 Å². The highest BCUT2D eigenvalue weighted by atomic mass is 32.1. The van der Waals surface area contributed by atoms with E-state index >= 15 is 0 Å². The lowest BCUT2D eigenvalue weighted by Gasteiger charge is -2.14. The van der Waals surface area contributed by atoms with Crippen LogP contribution in [0.4, 0.5) is 0 Å². The Morgan fingerprint density at radius 1 is 1.07 bits per heavy atom. The fraction of sp³-hybridized carbons (Fsp3) is 0.227. The molecule has 0 atom stereocenters. The first-order valence-corrected chi connectivity index (χ1v) is 9.62. The molecule has 0 saturated heterocycles. The molecular weight excluding hydrogens is 386 g/mol. The lowest BCUT2D eigenvalue weighted by molar-refractivity contribution is -0.123. The van der Waals surface area contributed by atoms with Crippen LogP contribution in [-0.4, -0.2) is 23.5 Å². The van der Waals surface area contributed by atoms with E-state index in [-0.39, 0.29) is 17.6 Å². The van der Waals surface area contributed by atoms with Gasteiger partial charge in [0.15, 0.2) is 11.7 Å². The van der Waals surface area contributed by atoms with E-state index in [9.17, 15) is 9.59 Å². The standard InChI is InChI=1S/C22H25N3O3S/c1-15(2)18-6-4-5-7-19(18)28-14-21(27)24-25-22(29)23-20(26)13-12-17-10-8-16(3)9-11-17/h4-13,15H,14H2,1-3H3,(H,24,27)(H2,23,25,26,29)/b13-12+. The van der Waals surface area contributed by atoms with Crippen molar-refractivity contribution in [1.82, 2.24) is 16.2 Å². The third-order valence-electron chi connectivity index (χ3n) is 3.96. The third-order valence-corrected chi connectivity index (χ3v) is 4.16. The molecule has 6 nitrogen and oxygen atoms in total.